The van der Waals surface area contributed by atoms with Gasteiger partial charge < -0.3 is 0 Å². The average Bonchev–Trinajstić information content (AvgIpc) is 2.30. The molecule has 78 valence electrons. The predicted molar refractivity (Wildman–Crippen MR) is 64.4 cm³/mol. The van der Waals surface area contributed by atoms with Crippen LogP contribution in [0.25, 0.3) is 11.3 Å². The molecule has 0 fully saturated rings. The van der Waals surface area contributed by atoms with Crippen molar-refractivity contribution in [2.45, 2.75) is 0 Å². The lowest BCUT2D eigenvalue weighted by Gasteiger charge is -2.02. The summed E-state index contributed by atoms with van der Waals surface area (Å²) < 4.78 is 0.985. The van der Waals surface area contributed by atoms with E-state index in [1.54, 1.807) is 18.5 Å². The number of nitrogens with zero attached hydrogens (tertiary/aromatic N) is 3. The minimum atomic E-state index is 0.306. The van der Waals surface area contributed by atoms with Crippen LogP contribution in [0.1, 0.15) is 0 Å². The molecule has 1 heterocycles. The van der Waals surface area contributed by atoms with E-state index in [0.29, 0.717) is 5.95 Å². The largest absolute Gasteiger partial charge is 0.261 e. The zero-order chi connectivity index (χ0) is 11.4. The number of rotatable bonds is 2. The second-order valence-electron chi connectivity index (χ2n) is 3.01. The molecule has 1 aromatic carbocycles. The second-order valence-corrected chi connectivity index (χ2v) is 3.93. The van der Waals surface area contributed by atoms with Crippen molar-refractivity contribution in [2.24, 2.45) is 0 Å². The van der Waals surface area contributed by atoms with Gasteiger partial charge in [-0.25, -0.2) is 9.97 Å². The number of hydrogen-bond donors (Lipinski definition) is 1. The van der Waals surface area contributed by atoms with Gasteiger partial charge in [-0.1, -0.05) is 28.1 Å². The van der Waals surface area contributed by atoms with Gasteiger partial charge in [0.2, 0.25) is 5.95 Å². The smallest absolute Gasteiger partial charge is 0.236 e. The number of nitrogens with one attached hydrogen (secondary N) is 1. The highest BCUT2D eigenvalue weighted by molar-refractivity contribution is 9.10. The Morgan fingerprint density at radius 1 is 1.31 bits per heavy atom. The van der Waals surface area contributed by atoms with E-state index in [0.717, 1.165) is 15.7 Å². The summed E-state index contributed by atoms with van der Waals surface area (Å²) in [5.41, 5.74) is 1.74. The van der Waals surface area contributed by atoms with E-state index in [4.69, 9.17) is 5.26 Å². The molecule has 0 aliphatic rings. The van der Waals surface area contributed by atoms with Crippen molar-refractivity contribution in [3.05, 3.63) is 41.0 Å². The van der Waals surface area contributed by atoms with Crippen LogP contribution in [0.5, 0.6) is 0 Å². The Balaban J connectivity index is 2.41. The molecule has 0 aliphatic heterocycles. The molecular formula is C11H7BrN4. The third kappa shape index (κ3) is 2.35. The van der Waals surface area contributed by atoms with Crippen LogP contribution in [0.4, 0.5) is 5.95 Å². The fraction of sp³-hybridized carbons (Fsp3) is 0. The third-order valence-electron chi connectivity index (χ3n) is 1.94. The molecule has 0 amide bonds. The quantitative estimate of drug-likeness (QED) is 0.676. The summed E-state index contributed by atoms with van der Waals surface area (Å²) in [5, 5.41) is 10.9. The van der Waals surface area contributed by atoms with Gasteiger partial charge in [0, 0.05) is 16.2 Å². The standard InChI is InChI=1S/C11H7BrN4/c12-9-3-1-2-8(6-9)10-4-5-14-11(16-10)15-7-13/h1-6H,(H,14,15,16). The summed E-state index contributed by atoms with van der Waals surface area (Å²) in [5.74, 6) is 0.306. The Hall–Kier alpha value is -1.93. The molecule has 0 saturated carbocycles. The van der Waals surface area contributed by atoms with Crippen LogP contribution in [-0.2, 0) is 0 Å². The highest BCUT2D eigenvalue weighted by Crippen LogP contribution is 2.21. The molecular weight excluding hydrogens is 268 g/mol. The molecule has 0 atom stereocenters. The molecule has 16 heavy (non-hydrogen) atoms. The highest BCUT2D eigenvalue weighted by atomic mass is 79.9. The van der Waals surface area contributed by atoms with Crippen LogP contribution in [0.2, 0.25) is 0 Å². The van der Waals surface area contributed by atoms with Crippen LogP contribution in [0.3, 0.4) is 0 Å². The third-order valence-corrected chi connectivity index (χ3v) is 2.44. The zero-order valence-electron chi connectivity index (χ0n) is 8.18. The van der Waals surface area contributed by atoms with E-state index >= 15 is 0 Å². The topological polar surface area (TPSA) is 61.6 Å². The maximum Gasteiger partial charge on any atom is 0.236 e. The van der Waals surface area contributed by atoms with E-state index in [9.17, 15) is 0 Å². The number of anilines is 1. The molecule has 0 bridgehead atoms. The Morgan fingerprint density at radius 2 is 2.19 bits per heavy atom. The lowest BCUT2D eigenvalue weighted by Crippen LogP contribution is -1.96. The van der Waals surface area contributed by atoms with Crippen molar-refractivity contribution in [1.82, 2.24) is 9.97 Å². The molecule has 2 rings (SSSR count). The van der Waals surface area contributed by atoms with Crippen LogP contribution < -0.4 is 5.32 Å². The van der Waals surface area contributed by atoms with Gasteiger partial charge in [0.25, 0.3) is 0 Å². The van der Waals surface area contributed by atoms with Crippen molar-refractivity contribution in [2.75, 3.05) is 5.32 Å². The van der Waals surface area contributed by atoms with Crippen molar-refractivity contribution in [1.29, 1.82) is 5.26 Å². The predicted octanol–water partition coefficient (Wildman–Crippen LogP) is 2.80. The average molecular weight is 275 g/mol. The van der Waals surface area contributed by atoms with Gasteiger partial charge in [-0.2, -0.15) is 5.26 Å². The fourth-order valence-corrected chi connectivity index (χ4v) is 1.68. The van der Waals surface area contributed by atoms with Crippen LogP contribution in [0, 0.1) is 11.5 Å². The maximum absolute atomic E-state index is 8.48. The molecule has 5 heteroatoms. The number of nitriles is 1. The van der Waals surface area contributed by atoms with E-state index in [2.05, 4.69) is 31.2 Å². The molecule has 0 unspecified atom stereocenters. The molecule has 0 aliphatic carbocycles. The van der Waals surface area contributed by atoms with Crippen LogP contribution in [-0.4, -0.2) is 9.97 Å². The van der Waals surface area contributed by atoms with Gasteiger partial charge in [-0.15, -0.1) is 0 Å². The van der Waals surface area contributed by atoms with Crippen molar-refractivity contribution in [3.63, 3.8) is 0 Å². The Bertz CT molecular complexity index is 548. The normalized spacial score (nSPS) is 9.50. The van der Waals surface area contributed by atoms with E-state index in [-0.39, 0.29) is 0 Å². The Kier molecular flexibility index (Phi) is 3.13. The van der Waals surface area contributed by atoms with Gasteiger partial charge in [0.05, 0.1) is 5.69 Å². The van der Waals surface area contributed by atoms with E-state index < -0.39 is 0 Å². The number of aromatic nitrogens is 2. The van der Waals surface area contributed by atoms with E-state index in [1.807, 2.05) is 24.3 Å². The molecule has 1 aromatic heterocycles. The molecule has 2 aromatic rings. The van der Waals surface area contributed by atoms with Crippen LogP contribution in [0.15, 0.2) is 41.0 Å². The fourth-order valence-electron chi connectivity index (χ4n) is 1.28. The Labute approximate surface area is 101 Å². The molecule has 0 spiro atoms. The summed E-state index contributed by atoms with van der Waals surface area (Å²) in [7, 11) is 0. The first-order valence-electron chi connectivity index (χ1n) is 4.53. The van der Waals surface area contributed by atoms with Gasteiger partial charge in [0.1, 0.15) is 0 Å². The SMILES string of the molecule is N#CNc1nccc(-c2cccc(Br)c2)n1. The summed E-state index contributed by atoms with van der Waals surface area (Å²) in [6.45, 7) is 0. The summed E-state index contributed by atoms with van der Waals surface area (Å²) in [4.78, 5) is 8.13. The summed E-state index contributed by atoms with van der Waals surface area (Å²) in [6, 6.07) is 9.57. The molecule has 0 saturated heterocycles. The molecule has 0 radical (unpaired) electrons. The first-order chi connectivity index (χ1) is 7.79. The number of hydrogen-bond acceptors (Lipinski definition) is 4. The molecule has 1 N–H and O–H groups in total. The van der Waals surface area contributed by atoms with Crippen molar-refractivity contribution < 1.29 is 0 Å². The maximum atomic E-state index is 8.48. The number of halogens is 1. The van der Waals surface area contributed by atoms with E-state index in [1.165, 1.54) is 0 Å². The van der Waals surface area contributed by atoms with Crippen LogP contribution >= 0.6 is 15.9 Å². The molecule has 4 nitrogen and oxygen atoms in total. The Morgan fingerprint density at radius 3 is 2.94 bits per heavy atom. The van der Waals surface area contributed by atoms with Gasteiger partial charge in [0.15, 0.2) is 6.19 Å². The summed E-state index contributed by atoms with van der Waals surface area (Å²) >= 11 is 3.40. The minimum absolute atomic E-state index is 0.306. The minimum Gasteiger partial charge on any atom is -0.261 e. The zero-order valence-corrected chi connectivity index (χ0v) is 9.77. The lowest BCUT2D eigenvalue weighted by atomic mass is 10.1. The van der Waals surface area contributed by atoms with Gasteiger partial charge >= 0.3 is 0 Å². The first kappa shape index (κ1) is 10.6. The lowest BCUT2D eigenvalue weighted by molar-refractivity contribution is 1.17. The highest BCUT2D eigenvalue weighted by Gasteiger charge is 2.01. The second kappa shape index (κ2) is 4.73. The monoisotopic (exact) mass is 274 g/mol. The summed E-state index contributed by atoms with van der Waals surface area (Å²) in [6.07, 6.45) is 3.40. The van der Waals surface area contributed by atoms with Crippen molar-refractivity contribution >= 4 is 21.9 Å². The number of benzene rings is 1. The van der Waals surface area contributed by atoms with Gasteiger partial charge in [-0.05, 0) is 18.2 Å². The van der Waals surface area contributed by atoms with Crippen molar-refractivity contribution in [3.8, 4) is 17.5 Å². The van der Waals surface area contributed by atoms with Gasteiger partial charge in [-0.3, -0.25) is 5.32 Å². The first-order valence-corrected chi connectivity index (χ1v) is 5.33.